The number of hydrogen-bond donors (Lipinski definition) is 4. The molecule has 0 aliphatic carbocycles. The standard InChI is InChI=1S/C24H24FN3O5/c1-11(2)32-16-9-14-18(23(30)26-3)21(12-5-7-13(25)8-6-12)33-22(14)17-15(10-28-19(16)17)20(29)24(31)27-4/h5-11,23,26,28,30H,1-4H3,(H,27,31). The van der Waals surface area contributed by atoms with Gasteiger partial charge in [-0.3, -0.25) is 14.9 Å². The highest BCUT2D eigenvalue weighted by Crippen LogP contribution is 2.44. The molecule has 4 N–H and O–H groups in total. The molecule has 1 atom stereocenters. The number of benzene rings is 2. The predicted octanol–water partition coefficient (Wildman–Crippen LogP) is 3.65. The van der Waals surface area contributed by atoms with Gasteiger partial charge in [0.2, 0.25) is 0 Å². The summed E-state index contributed by atoms with van der Waals surface area (Å²) in [5, 5.41) is 16.8. The molecule has 172 valence electrons. The van der Waals surface area contributed by atoms with Crippen LogP contribution in [0.1, 0.15) is 36.0 Å². The van der Waals surface area contributed by atoms with E-state index in [4.69, 9.17) is 9.15 Å². The number of hydrogen-bond acceptors (Lipinski definition) is 6. The number of aromatic nitrogens is 1. The molecular formula is C24H24FN3O5. The lowest BCUT2D eigenvalue weighted by atomic mass is 10.0. The second-order valence-electron chi connectivity index (χ2n) is 7.82. The quantitative estimate of drug-likeness (QED) is 0.193. The van der Waals surface area contributed by atoms with Gasteiger partial charge in [0.15, 0.2) is 0 Å². The second kappa shape index (κ2) is 8.68. The molecule has 0 fully saturated rings. The van der Waals surface area contributed by atoms with Crippen molar-refractivity contribution < 1.29 is 28.2 Å². The highest BCUT2D eigenvalue weighted by molar-refractivity contribution is 6.45. The third-order valence-corrected chi connectivity index (χ3v) is 5.31. The average Bonchev–Trinajstić information content (AvgIpc) is 3.40. The predicted molar refractivity (Wildman–Crippen MR) is 122 cm³/mol. The molecule has 8 nitrogen and oxygen atoms in total. The minimum Gasteiger partial charge on any atom is -0.489 e. The third kappa shape index (κ3) is 3.85. The Morgan fingerprint density at radius 1 is 1.18 bits per heavy atom. The van der Waals surface area contributed by atoms with Crippen molar-refractivity contribution in [2.24, 2.45) is 0 Å². The van der Waals surface area contributed by atoms with Crippen molar-refractivity contribution in [3.05, 3.63) is 53.5 Å². The number of aromatic amines is 1. The number of carbonyl (C=O) groups is 2. The first-order valence-electron chi connectivity index (χ1n) is 10.4. The molecular weight excluding hydrogens is 429 g/mol. The van der Waals surface area contributed by atoms with Crippen molar-refractivity contribution in [1.82, 2.24) is 15.6 Å². The minimum absolute atomic E-state index is 0.105. The maximum Gasteiger partial charge on any atom is 0.292 e. The molecule has 33 heavy (non-hydrogen) atoms. The summed E-state index contributed by atoms with van der Waals surface area (Å²) in [5.41, 5.74) is 1.81. The smallest absolute Gasteiger partial charge is 0.292 e. The molecule has 2 heterocycles. The molecule has 4 rings (SSSR count). The SMILES string of the molecule is CNC(=O)C(=O)c1c[nH]c2c(OC(C)C)cc3c(C(O)NC)c(-c4ccc(F)cc4)oc3c12. The highest BCUT2D eigenvalue weighted by atomic mass is 19.1. The lowest BCUT2D eigenvalue weighted by Gasteiger charge is -2.13. The molecule has 0 saturated heterocycles. The number of furan rings is 1. The van der Waals surface area contributed by atoms with Crippen LogP contribution in [0.4, 0.5) is 4.39 Å². The molecule has 1 amide bonds. The Morgan fingerprint density at radius 3 is 2.48 bits per heavy atom. The van der Waals surface area contributed by atoms with Gasteiger partial charge in [-0.1, -0.05) is 0 Å². The van der Waals surface area contributed by atoms with E-state index in [9.17, 15) is 19.1 Å². The molecule has 0 saturated carbocycles. The van der Waals surface area contributed by atoms with Crippen LogP contribution in [-0.2, 0) is 4.79 Å². The summed E-state index contributed by atoms with van der Waals surface area (Å²) in [6, 6.07) is 7.37. The van der Waals surface area contributed by atoms with E-state index in [1.54, 1.807) is 13.1 Å². The number of amides is 1. The molecule has 2 aromatic carbocycles. The molecule has 4 aromatic rings. The number of nitrogens with one attached hydrogen (secondary N) is 3. The number of carbonyl (C=O) groups excluding carboxylic acids is 2. The molecule has 9 heteroatoms. The topological polar surface area (TPSA) is 117 Å². The number of rotatable bonds is 7. The number of likely N-dealkylation sites (N-methyl/N-ethyl adjacent to an activating group) is 1. The van der Waals surface area contributed by atoms with Gasteiger partial charge >= 0.3 is 0 Å². The summed E-state index contributed by atoms with van der Waals surface area (Å²) >= 11 is 0. The van der Waals surface area contributed by atoms with Crippen LogP contribution in [0, 0.1) is 5.82 Å². The Hall–Kier alpha value is -3.69. The van der Waals surface area contributed by atoms with Crippen LogP contribution in [0.2, 0.25) is 0 Å². The fourth-order valence-corrected chi connectivity index (χ4v) is 3.84. The van der Waals surface area contributed by atoms with E-state index in [-0.39, 0.29) is 11.7 Å². The number of fused-ring (bicyclic) bond motifs is 3. The van der Waals surface area contributed by atoms with Crippen LogP contribution in [0.5, 0.6) is 5.75 Å². The normalized spacial score (nSPS) is 12.5. The number of ketones is 1. The molecule has 2 aromatic heterocycles. The lowest BCUT2D eigenvalue weighted by molar-refractivity contribution is -0.116. The van der Waals surface area contributed by atoms with Crippen molar-refractivity contribution in [2.45, 2.75) is 26.2 Å². The van der Waals surface area contributed by atoms with E-state index in [1.807, 2.05) is 13.8 Å². The first kappa shape index (κ1) is 22.5. The first-order chi connectivity index (χ1) is 15.8. The summed E-state index contributed by atoms with van der Waals surface area (Å²) in [7, 11) is 2.96. The van der Waals surface area contributed by atoms with Crippen molar-refractivity contribution in [3.63, 3.8) is 0 Å². The van der Waals surface area contributed by atoms with Crippen molar-refractivity contribution in [3.8, 4) is 17.1 Å². The van der Waals surface area contributed by atoms with Gasteiger partial charge < -0.3 is 24.6 Å². The van der Waals surface area contributed by atoms with Gasteiger partial charge in [-0.25, -0.2) is 4.39 Å². The Balaban J connectivity index is 2.12. The number of aliphatic hydroxyl groups excluding tert-OH is 1. The molecule has 0 radical (unpaired) electrons. The van der Waals surface area contributed by atoms with Crippen LogP contribution in [0.3, 0.4) is 0 Å². The fourth-order valence-electron chi connectivity index (χ4n) is 3.84. The van der Waals surface area contributed by atoms with Crippen molar-refractivity contribution in [2.75, 3.05) is 14.1 Å². The lowest BCUT2D eigenvalue weighted by Crippen LogP contribution is -2.27. The van der Waals surface area contributed by atoms with Gasteiger partial charge in [0.25, 0.3) is 11.7 Å². The average molecular weight is 453 g/mol. The summed E-state index contributed by atoms with van der Waals surface area (Å²) < 4.78 is 25.7. The first-order valence-corrected chi connectivity index (χ1v) is 10.4. The Kier molecular flexibility index (Phi) is 5.92. The zero-order chi connectivity index (χ0) is 23.9. The zero-order valence-electron chi connectivity index (χ0n) is 18.6. The Labute approximate surface area is 188 Å². The van der Waals surface area contributed by atoms with Crippen molar-refractivity contribution >= 4 is 33.6 Å². The van der Waals surface area contributed by atoms with Crippen LogP contribution in [0.25, 0.3) is 33.2 Å². The van der Waals surface area contributed by atoms with Gasteiger partial charge in [-0.05, 0) is 51.2 Å². The van der Waals surface area contributed by atoms with Gasteiger partial charge in [-0.2, -0.15) is 0 Å². The minimum atomic E-state index is -1.13. The van der Waals surface area contributed by atoms with Crippen LogP contribution < -0.4 is 15.4 Å². The zero-order valence-corrected chi connectivity index (χ0v) is 18.6. The number of Topliss-reactive ketones (excluding diaryl/α,β-unsaturated/α-hetero) is 1. The van der Waals surface area contributed by atoms with Gasteiger partial charge in [0, 0.05) is 29.8 Å². The molecule has 0 aliphatic rings. The maximum absolute atomic E-state index is 13.5. The van der Waals surface area contributed by atoms with Gasteiger partial charge in [0.1, 0.15) is 29.1 Å². The van der Waals surface area contributed by atoms with E-state index in [2.05, 4.69) is 15.6 Å². The second-order valence-corrected chi connectivity index (χ2v) is 7.82. The molecule has 0 spiro atoms. The monoisotopic (exact) mass is 453 g/mol. The van der Waals surface area contributed by atoms with E-state index in [0.29, 0.717) is 44.5 Å². The van der Waals surface area contributed by atoms with Crippen LogP contribution >= 0.6 is 0 Å². The summed E-state index contributed by atoms with van der Waals surface area (Å²) in [5.74, 6) is -1.21. The Morgan fingerprint density at radius 2 is 1.88 bits per heavy atom. The Bertz CT molecular complexity index is 1350. The number of H-pyrrole nitrogens is 1. The van der Waals surface area contributed by atoms with Crippen LogP contribution in [-0.4, -0.2) is 42.0 Å². The number of halogens is 1. The molecule has 1 unspecified atom stereocenters. The largest absolute Gasteiger partial charge is 0.489 e. The van der Waals surface area contributed by atoms with Gasteiger partial charge in [-0.15, -0.1) is 0 Å². The van der Waals surface area contributed by atoms with E-state index in [0.717, 1.165) is 0 Å². The molecule has 0 bridgehead atoms. The fraction of sp³-hybridized carbons (Fsp3) is 0.250. The van der Waals surface area contributed by atoms with E-state index < -0.39 is 23.7 Å². The number of aliphatic hydroxyl groups is 1. The van der Waals surface area contributed by atoms with Crippen LogP contribution in [0.15, 0.2) is 40.9 Å². The van der Waals surface area contributed by atoms with Crippen molar-refractivity contribution in [1.29, 1.82) is 0 Å². The van der Waals surface area contributed by atoms with E-state index in [1.165, 1.54) is 37.5 Å². The van der Waals surface area contributed by atoms with E-state index >= 15 is 0 Å². The summed E-state index contributed by atoms with van der Waals surface area (Å²) in [6.45, 7) is 3.72. The third-order valence-electron chi connectivity index (χ3n) is 5.31. The number of ether oxygens (including phenoxy) is 1. The summed E-state index contributed by atoms with van der Waals surface area (Å²) in [6.07, 6.45) is 0.115. The highest BCUT2D eigenvalue weighted by Gasteiger charge is 2.29. The van der Waals surface area contributed by atoms with Gasteiger partial charge in [0.05, 0.1) is 22.6 Å². The maximum atomic E-state index is 13.5. The summed E-state index contributed by atoms with van der Waals surface area (Å²) in [4.78, 5) is 27.9. The molecule has 0 aliphatic heterocycles.